The Kier molecular flexibility index (Phi) is 13.7. The van der Waals surface area contributed by atoms with Crippen molar-refractivity contribution in [3.05, 3.63) is 24.3 Å². The quantitative estimate of drug-likeness (QED) is 0.567. The van der Waals surface area contributed by atoms with E-state index in [-0.39, 0.29) is 16.8 Å². The second kappa shape index (κ2) is 11.3. The maximum Gasteiger partial charge on any atom is 2.00 e. The topological polar surface area (TPSA) is 26.3 Å². The van der Waals surface area contributed by atoms with Crippen LogP contribution in [0.4, 0.5) is 0 Å². The van der Waals surface area contributed by atoms with Gasteiger partial charge in [-0.15, -0.1) is 6.42 Å². The van der Waals surface area contributed by atoms with Gasteiger partial charge < -0.3 is 9.53 Å². The van der Waals surface area contributed by atoms with E-state index in [1.165, 1.54) is 13.6 Å². The Bertz CT molecular complexity index is 109. The first kappa shape index (κ1) is 12.2. The van der Waals surface area contributed by atoms with Crippen molar-refractivity contribution >= 4 is 6.47 Å². The Balaban J connectivity index is 0. The summed E-state index contributed by atoms with van der Waals surface area (Å²) in [5, 5.41) is 0. The molecule has 1 radical (unpaired) electrons. The number of allylic oxidation sites excluding steroid dienone is 4. The van der Waals surface area contributed by atoms with Crippen LogP contribution in [0.5, 0.6) is 0 Å². The molecule has 0 aromatic heterocycles. The summed E-state index contributed by atoms with van der Waals surface area (Å²) in [4.78, 5) is 8.83. The zero-order valence-corrected chi connectivity index (χ0v) is 6.63. The van der Waals surface area contributed by atoms with E-state index in [1.54, 1.807) is 0 Å². The summed E-state index contributed by atoms with van der Waals surface area (Å²) in [6.07, 6.45) is 10.0. The fourth-order valence-corrected chi connectivity index (χ4v) is 0.340. The third kappa shape index (κ3) is 10.4. The molecule has 0 bridgehead atoms. The summed E-state index contributed by atoms with van der Waals surface area (Å²) in [5.74, 6) is 0. The predicted molar refractivity (Wildman–Crippen MR) is 34.3 cm³/mol. The predicted octanol–water partition coefficient (Wildman–Crippen LogP) is 1.00. The zero-order chi connectivity index (χ0) is 6.95. The van der Waals surface area contributed by atoms with Crippen LogP contribution in [0.25, 0.3) is 0 Å². The van der Waals surface area contributed by atoms with Crippen LogP contribution in [-0.4, -0.2) is 13.6 Å². The van der Waals surface area contributed by atoms with Crippen molar-refractivity contribution in [3.8, 4) is 0 Å². The van der Waals surface area contributed by atoms with E-state index in [1.807, 2.05) is 12.2 Å². The molecule has 0 atom stereocenters. The molecular weight excluding hydrogens is 175 g/mol. The molecule has 1 aliphatic carbocycles. The van der Waals surface area contributed by atoms with Gasteiger partial charge in [-0.3, -0.25) is 6.08 Å². The second-order valence-corrected chi connectivity index (χ2v) is 1.29. The van der Waals surface area contributed by atoms with Crippen molar-refractivity contribution in [1.29, 1.82) is 0 Å². The minimum atomic E-state index is 0. The van der Waals surface area contributed by atoms with E-state index in [0.717, 1.165) is 6.42 Å². The summed E-state index contributed by atoms with van der Waals surface area (Å²) in [6, 6.07) is 0. The van der Waals surface area contributed by atoms with Crippen LogP contribution in [0.1, 0.15) is 6.42 Å². The van der Waals surface area contributed by atoms with E-state index < -0.39 is 0 Å². The molecule has 0 heterocycles. The van der Waals surface area contributed by atoms with Gasteiger partial charge in [0.05, 0.1) is 0 Å². The largest absolute Gasteiger partial charge is 2.00 e. The van der Waals surface area contributed by atoms with Gasteiger partial charge in [-0.05, 0) is 0 Å². The van der Waals surface area contributed by atoms with Crippen molar-refractivity contribution in [2.24, 2.45) is 0 Å². The first-order chi connectivity index (χ1) is 4.41. The van der Waals surface area contributed by atoms with Crippen LogP contribution in [0.2, 0.25) is 0 Å². The number of methoxy groups -OCH3 is 1. The molecule has 57 valence electrons. The van der Waals surface area contributed by atoms with Crippen molar-refractivity contribution in [2.75, 3.05) is 7.11 Å². The molecule has 0 fully saturated rings. The summed E-state index contributed by atoms with van der Waals surface area (Å²) in [7, 11) is 1.26. The van der Waals surface area contributed by atoms with E-state index in [4.69, 9.17) is 4.79 Å². The van der Waals surface area contributed by atoms with E-state index in [0.29, 0.717) is 0 Å². The van der Waals surface area contributed by atoms with E-state index in [2.05, 4.69) is 16.9 Å². The summed E-state index contributed by atoms with van der Waals surface area (Å²) in [6.45, 7) is 1.18. The molecule has 0 N–H and O–H groups in total. The fraction of sp³-hybridized carbons (Fsp3) is 0.286. The molecule has 0 amide bonds. The third-order valence-corrected chi connectivity index (χ3v) is 0.669. The van der Waals surface area contributed by atoms with Gasteiger partial charge in [-0.1, -0.05) is 6.47 Å². The van der Waals surface area contributed by atoms with Crippen molar-refractivity contribution in [2.45, 2.75) is 6.42 Å². The summed E-state index contributed by atoms with van der Waals surface area (Å²) in [5.41, 5.74) is 0. The molecule has 2 nitrogen and oxygen atoms in total. The van der Waals surface area contributed by atoms with Crippen LogP contribution in [0.3, 0.4) is 0 Å². The number of rotatable bonds is 1. The monoisotopic (exact) mass is 183 g/mol. The third-order valence-electron chi connectivity index (χ3n) is 0.669. The van der Waals surface area contributed by atoms with Gasteiger partial charge in [0.1, 0.15) is 0 Å². The van der Waals surface area contributed by atoms with E-state index in [9.17, 15) is 0 Å². The molecule has 0 aromatic carbocycles. The first-order valence-electron chi connectivity index (χ1n) is 2.53. The standard InChI is InChI=1S/C5H5.C2H3O2.Co/c1-2-4-5-3-1;1-4-2-3;/h1-3H,4H2;1H3;/q2*-1;+2. The summed E-state index contributed by atoms with van der Waals surface area (Å²) >= 11 is 0. The second-order valence-electron chi connectivity index (χ2n) is 1.29. The van der Waals surface area contributed by atoms with Crippen molar-refractivity contribution in [3.63, 3.8) is 0 Å². The Hall–Kier alpha value is -0.544. The van der Waals surface area contributed by atoms with Gasteiger partial charge in [-0.2, -0.15) is 6.08 Å². The fourth-order valence-electron chi connectivity index (χ4n) is 0.340. The maximum absolute atomic E-state index is 8.83. The van der Waals surface area contributed by atoms with Crippen LogP contribution in [-0.2, 0) is 26.3 Å². The van der Waals surface area contributed by atoms with Gasteiger partial charge in [-0.25, -0.2) is 12.2 Å². The van der Waals surface area contributed by atoms with Crippen LogP contribution >= 0.6 is 0 Å². The van der Waals surface area contributed by atoms with Crippen LogP contribution in [0, 0.1) is 6.08 Å². The molecule has 0 saturated carbocycles. The zero-order valence-electron chi connectivity index (χ0n) is 5.59. The Morgan fingerprint density at radius 2 is 2.30 bits per heavy atom. The summed E-state index contributed by atoms with van der Waals surface area (Å²) < 4.78 is 3.74. The first-order valence-corrected chi connectivity index (χ1v) is 2.53. The van der Waals surface area contributed by atoms with E-state index >= 15 is 0 Å². The minimum Gasteiger partial charge on any atom is -0.655 e. The molecule has 1 rings (SSSR count). The SMILES string of the molecule is CO[C-]=O.[C-]1=CC=CC1.[Co+2]. The maximum atomic E-state index is 8.83. The Morgan fingerprint density at radius 3 is 2.40 bits per heavy atom. The van der Waals surface area contributed by atoms with Crippen molar-refractivity contribution in [1.82, 2.24) is 0 Å². The number of carbonyl (C=O) groups excluding carboxylic acids is 1. The van der Waals surface area contributed by atoms with Crippen LogP contribution < -0.4 is 0 Å². The molecule has 0 aromatic rings. The van der Waals surface area contributed by atoms with Gasteiger partial charge in [0.2, 0.25) is 0 Å². The minimum absolute atomic E-state index is 0. The molecule has 1 aliphatic rings. The molecular formula is C7H8CoO2. The molecule has 0 saturated heterocycles. The Labute approximate surface area is 71.1 Å². The molecule has 0 spiro atoms. The average molecular weight is 183 g/mol. The van der Waals surface area contributed by atoms with Gasteiger partial charge in [0.15, 0.2) is 0 Å². The molecule has 0 aliphatic heterocycles. The smallest absolute Gasteiger partial charge is 0.655 e. The number of hydrogen-bond donors (Lipinski definition) is 0. The van der Waals surface area contributed by atoms with Crippen molar-refractivity contribution < 1.29 is 26.3 Å². The molecule has 10 heavy (non-hydrogen) atoms. The van der Waals surface area contributed by atoms with Gasteiger partial charge in [0, 0.05) is 7.11 Å². The van der Waals surface area contributed by atoms with Gasteiger partial charge >= 0.3 is 16.8 Å². The number of hydrogen-bond acceptors (Lipinski definition) is 2. The van der Waals surface area contributed by atoms with Gasteiger partial charge in [0.25, 0.3) is 0 Å². The normalized spacial score (nSPS) is 10.9. The molecule has 3 heteroatoms. The molecule has 0 unspecified atom stereocenters. The van der Waals surface area contributed by atoms with Crippen LogP contribution in [0.15, 0.2) is 18.2 Å². The average Bonchev–Trinajstić information content (AvgIpc) is 2.43. The Morgan fingerprint density at radius 1 is 1.70 bits per heavy atom. The number of ether oxygens (including phenoxy) is 1.